The summed E-state index contributed by atoms with van der Waals surface area (Å²) in [6.45, 7) is 17.8. The molecule has 4 rings (SSSR count). The minimum atomic E-state index is 0.175. The van der Waals surface area contributed by atoms with Crippen LogP contribution in [-0.4, -0.2) is 21.6 Å². The van der Waals surface area contributed by atoms with Crippen molar-refractivity contribution in [3.8, 4) is 11.5 Å². The standard InChI is InChI=1S/C35H54N2.C18H24O2/c1-7-13-15-16-17-19-21-35(37-33-25-23-29(10-4)31(12-6)27-33)34(20-18-14-8-2)36-32-24-22-28(9-3)30(11-5)26-32;1-3-5-6-7-8-14-10-15-9-13(4-2)11-16(19)18(15)17(20)12-14/h22-27H,7-21H2,1-6H3;9-12,19-20H,3-8H2,1-2H3. The Morgan fingerprint density at radius 3 is 1.33 bits per heavy atom. The number of nitrogens with zero attached hydrogens (tertiary/aromatic N) is 2. The van der Waals surface area contributed by atoms with Gasteiger partial charge in [0.1, 0.15) is 11.5 Å². The van der Waals surface area contributed by atoms with Gasteiger partial charge in [-0.05, 0) is 146 Å². The third kappa shape index (κ3) is 15.7. The van der Waals surface area contributed by atoms with Crippen LogP contribution < -0.4 is 0 Å². The molecule has 0 heterocycles. The zero-order chi connectivity index (χ0) is 41.4. The summed E-state index contributed by atoms with van der Waals surface area (Å²) in [5, 5.41) is 21.7. The van der Waals surface area contributed by atoms with E-state index in [9.17, 15) is 10.2 Å². The van der Waals surface area contributed by atoms with Crippen LogP contribution >= 0.6 is 0 Å². The number of unbranched alkanes of at least 4 members (excludes halogenated alkanes) is 10. The summed E-state index contributed by atoms with van der Waals surface area (Å²) in [6.07, 6.45) is 24.5. The molecule has 0 saturated carbocycles. The molecule has 0 atom stereocenters. The second-order valence-corrected chi connectivity index (χ2v) is 15.9. The molecule has 0 aliphatic heterocycles. The van der Waals surface area contributed by atoms with E-state index >= 15 is 0 Å². The van der Waals surface area contributed by atoms with Gasteiger partial charge in [-0.3, -0.25) is 9.98 Å². The maximum Gasteiger partial charge on any atom is 0.127 e. The summed E-state index contributed by atoms with van der Waals surface area (Å²) >= 11 is 0. The topological polar surface area (TPSA) is 65.2 Å². The van der Waals surface area contributed by atoms with Gasteiger partial charge < -0.3 is 10.2 Å². The fraction of sp³-hybridized carbons (Fsp3) is 0.547. The Labute approximate surface area is 348 Å². The molecule has 0 amide bonds. The molecule has 0 radical (unpaired) electrons. The maximum atomic E-state index is 10.1. The number of aliphatic imine (C=N–C) groups is 2. The molecule has 4 heteroatoms. The molecule has 57 heavy (non-hydrogen) atoms. The van der Waals surface area contributed by atoms with Crippen molar-refractivity contribution in [1.29, 1.82) is 0 Å². The Morgan fingerprint density at radius 2 is 0.842 bits per heavy atom. The Morgan fingerprint density at radius 1 is 0.421 bits per heavy atom. The summed E-state index contributed by atoms with van der Waals surface area (Å²) in [5.41, 5.74) is 12.6. The van der Waals surface area contributed by atoms with Crippen LogP contribution in [0.1, 0.15) is 185 Å². The Kier molecular flexibility index (Phi) is 22.4. The van der Waals surface area contributed by atoms with Crippen LogP contribution in [-0.2, 0) is 38.5 Å². The predicted octanol–water partition coefficient (Wildman–Crippen LogP) is 16.0. The lowest BCUT2D eigenvalue weighted by molar-refractivity contribution is 0.463. The first-order valence-corrected chi connectivity index (χ1v) is 23.1. The van der Waals surface area contributed by atoms with Crippen molar-refractivity contribution in [3.05, 3.63) is 94.0 Å². The highest BCUT2D eigenvalue weighted by Gasteiger charge is 2.13. The van der Waals surface area contributed by atoms with Crippen LogP contribution in [0.25, 0.3) is 10.8 Å². The number of hydrogen-bond donors (Lipinski definition) is 2. The van der Waals surface area contributed by atoms with Crippen LogP contribution in [0.4, 0.5) is 11.4 Å². The number of aromatic hydroxyl groups is 2. The molecule has 0 spiro atoms. The van der Waals surface area contributed by atoms with E-state index in [-0.39, 0.29) is 11.5 Å². The van der Waals surface area contributed by atoms with Gasteiger partial charge >= 0.3 is 0 Å². The largest absolute Gasteiger partial charge is 0.507 e. The lowest BCUT2D eigenvalue weighted by atomic mass is 9.98. The number of benzene rings is 4. The molecule has 0 fully saturated rings. The maximum absolute atomic E-state index is 10.1. The van der Waals surface area contributed by atoms with Gasteiger partial charge in [-0.25, -0.2) is 0 Å². The number of rotatable bonds is 24. The molecule has 0 aliphatic rings. The van der Waals surface area contributed by atoms with Crippen molar-refractivity contribution in [2.45, 2.75) is 190 Å². The second-order valence-electron chi connectivity index (χ2n) is 15.9. The number of phenols is 2. The molecule has 2 N–H and O–H groups in total. The molecule has 0 unspecified atom stereocenters. The van der Waals surface area contributed by atoms with E-state index in [0.717, 1.165) is 85.7 Å². The van der Waals surface area contributed by atoms with Gasteiger partial charge in [0.25, 0.3) is 0 Å². The third-order valence-electron chi connectivity index (χ3n) is 11.4. The summed E-state index contributed by atoms with van der Waals surface area (Å²) in [5.74, 6) is 0.363. The van der Waals surface area contributed by atoms with E-state index in [1.807, 2.05) is 0 Å². The van der Waals surface area contributed by atoms with Gasteiger partial charge in [-0.1, -0.05) is 144 Å². The van der Waals surface area contributed by atoms with Crippen molar-refractivity contribution in [3.63, 3.8) is 0 Å². The Bertz CT molecular complexity index is 1830. The van der Waals surface area contributed by atoms with Crippen molar-refractivity contribution in [2.24, 2.45) is 9.98 Å². The minimum Gasteiger partial charge on any atom is -0.507 e. The van der Waals surface area contributed by atoms with Crippen LogP contribution in [0.2, 0.25) is 0 Å². The second kappa shape index (κ2) is 26.9. The summed E-state index contributed by atoms with van der Waals surface area (Å²) in [4.78, 5) is 10.6. The first-order valence-electron chi connectivity index (χ1n) is 23.1. The minimum absolute atomic E-state index is 0.175. The monoisotopic (exact) mass is 775 g/mol. The third-order valence-corrected chi connectivity index (χ3v) is 11.4. The normalized spacial score (nSPS) is 11.9. The van der Waals surface area contributed by atoms with Gasteiger partial charge in [0.05, 0.1) is 28.2 Å². The van der Waals surface area contributed by atoms with Crippen molar-refractivity contribution >= 4 is 33.6 Å². The number of phenolic OH excluding ortho intramolecular Hbond substituents is 2. The SMILES string of the molecule is CCCCCCCCC(=Nc1ccc(CC)c(CC)c1)C(CCCCC)=Nc1ccc(CC)c(CC)c1.CCCCCCc1cc(O)c2c(O)cc(CC)cc2c1. The quantitative estimate of drug-likeness (QED) is 0.0550. The van der Waals surface area contributed by atoms with Crippen molar-refractivity contribution in [1.82, 2.24) is 0 Å². The van der Waals surface area contributed by atoms with E-state index in [4.69, 9.17) is 9.98 Å². The van der Waals surface area contributed by atoms with Gasteiger partial charge in [0.15, 0.2) is 0 Å². The zero-order valence-electron chi connectivity index (χ0n) is 37.4. The van der Waals surface area contributed by atoms with Crippen LogP contribution in [0.15, 0.2) is 70.6 Å². The average Bonchev–Trinajstić information content (AvgIpc) is 3.22. The fourth-order valence-electron chi connectivity index (χ4n) is 7.86. The van der Waals surface area contributed by atoms with Gasteiger partial charge in [-0.15, -0.1) is 0 Å². The highest BCUT2D eigenvalue weighted by molar-refractivity contribution is 6.43. The lowest BCUT2D eigenvalue weighted by Crippen LogP contribution is -2.14. The molecular weight excluding hydrogens is 697 g/mol. The molecule has 312 valence electrons. The highest BCUT2D eigenvalue weighted by Crippen LogP contribution is 2.35. The van der Waals surface area contributed by atoms with E-state index in [2.05, 4.69) is 104 Å². The predicted molar refractivity (Wildman–Crippen MR) is 251 cm³/mol. The zero-order valence-corrected chi connectivity index (χ0v) is 37.4. The molecular formula is C53H78N2O2. The fourth-order valence-corrected chi connectivity index (χ4v) is 7.86. The molecule has 4 aromatic carbocycles. The number of aryl methyl sites for hydroxylation is 6. The van der Waals surface area contributed by atoms with Crippen LogP contribution in [0, 0.1) is 0 Å². The number of hydrogen-bond acceptors (Lipinski definition) is 4. The van der Waals surface area contributed by atoms with Crippen molar-refractivity contribution < 1.29 is 10.2 Å². The summed E-state index contributed by atoms with van der Waals surface area (Å²) < 4.78 is 0. The first-order chi connectivity index (χ1) is 27.7. The smallest absolute Gasteiger partial charge is 0.127 e. The molecule has 0 aliphatic carbocycles. The first kappa shape index (κ1) is 47.5. The lowest BCUT2D eigenvalue weighted by Gasteiger charge is -2.14. The van der Waals surface area contributed by atoms with Gasteiger partial charge in [0, 0.05) is 0 Å². The molecule has 4 nitrogen and oxygen atoms in total. The van der Waals surface area contributed by atoms with E-state index in [1.165, 1.54) is 111 Å². The van der Waals surface area contributed by atoms with E-state index in [0.29, 0.717) is 5.39 Å². The molecule has 4 aromatic rings. The molecule has 0 bridgehead atoms. The van der Waals surface area contributed by atoms with Gasteiger partial charge in [0.2, 0.25) is 0 Å². The van der Waals surface area contributed by atoms with Crippen LogP contribution in [0.3, 0.4) is 0 Å². The summed E-state index contributed by atoms with van der Waals surface area (Å²) in [6, 6.07) is 21.3. The summed E-state index contributed by atoms with van der Waals surface area (Å²) in [7, 11) is 0. The highest BCUT2D eigenvalue weighted by atomic mass is 16.3. The Balaban J connectivity index is 0.000000364. The van der Waals surface area contributed by atoms with Gasteiger partial charge in [-0.2, -0.15) is 0 Å². The van der Waals surface area contributed by atoms with Crippen molar-refractivity contribution in [2.75, 3.05) is 0 Å². The molecule has 0 aromatic heterocycles. The average molecular weight is 775 g/mol. The van der Waals surface area contributed by atoms with E-state index < -0.39 is 0 Å². The van der Waals surface area contributed by atoms with E-state index in [1.54, 1.807) is 12.1 Å². The Hall–Kier alpha value is -3.92. The molecule has 0 saturated heterocycles. The van der Waals surface area contributed by atoms with Crippen LogP contribution in [0.5, 0.6) is 11.5 Å². The number of fused-ring (bicyclic) bond motifs is 1.